The van der Waals surface area contributed by atoms with Crippen LogP contribution in [-0.4, -0.2) is 46.1 Å². The number of aliphatic hydroxyl groups excluding tert-OH is 3. The zero-order valence-electron chi connectivity index (χ0n) is 26.2. The van der Waals surface area contributed by atoms with E-state index in [-0.39, 0.29) is 18.9 Å². The summed E-state index contributed by atoms with van der Waals surface area (Å²) in [5.41, 5.74) is 0. The topological polar surface area (TPSA) is 89.8 Å². The third-order valence-electron chi connectivity index (χ3n) is 7.40. The van der Waals surface area contributed by atoms with Gasteiger partial charge in [-0.3, -0.25) is 4.79 Å². The third kappa shape index (κ3) is 26.8. The summed E-state index contributed by atoms with van der Waals surface area (Å²) in [4.78, 5) is 12.3. The molecule has 5 nitrogen and oxygen atoms in total. The summed E-state index contributed by atoms with van der Waals surface area (Å²) < 4.78 is 0. The second kappa shape index (κ2) is 30.5. The molecule has 0 aliphatic rings. The van der Waals surface area contributed by atoms with Gasteiger partial charge in [0.25, 0.3) is 0 Å². The van der Waals surface area contributed by atoms with Crippen molar-refractivity contribution in [3.8, 4) is 0 Å². The zero-order valence-corrected chi connectivity index (χ0v) is 26.2. The van der Waals surface area contributed by atoms with Crippen molar-refractivity contribution in [1.82, 2.24) is 5.32 Å². The highest BCUT2D eigenvalue weighted by Crippen LogP contribution is 2.12. The molecule has 0 aromatic heterocycles. The van der Waals surface area contributed by atoms with Gasteiger partial charge in [-0.1, -0.05) is 134 Å². The lowest BCUT2D eigenvalue weighted by atomic mass is 10.1. The molecule has 234 valence electrons. The highest BCUT2D eigenvalue weighted by atomic mass is 16.3. The molecule has 0 bridgehead atoms. The van der Waals surface area contributed by atoms with Gasteiger partial charge in [-0.25, -0.2) is 0 Å². The Morgan fingerprint density at radius 2 is 1.10 bits per heavy atom. The minimum Gasteiger partial charge on any atom is -0.394 e. The number of hydrogen-bond donors (Lipinski definition) is 4. The predicted octanol–water partition coefficient (Wildman–Crippen LogP) is 8.48. The van der Waals surface area contributed by atoms with E-state index in [2.05, 4.69) is 43.5 Å². The van der Waals surface area contributed by atoms with Gasteiger partial charge in [0, 0.05) is 0 Å². The maximum Gasteiger partial charge on any atom is 0.222 e. The van der Waals surface area contributed by atoms with E-state index >= 15 is 0 Å². The molecule has 0 aliphatic carbocycles. The van der Waals surface area contributed by atoms with Crippen LogP contribution in [0.1, 0.15) is 155 Å². The van der Waals surface area contributed by atoms with Crippen LogP contribution in [0.4, 0.5) is 0 Å². The van der Waals surface area contributed by atoms with Gasteiger partial charge in [0.05, 0.1) is 31.3 Å². The number of amides is 1. The van der Waals surface area contributed by atoms with Gasteiger partial charge in [-0.05, 0) is 51.4 Å². The van der Waals surface area contributed by atoms with Gasteiger partial charge in [-0.2, -0.15) is 0 Å². The fourth-order valence-corrected chi connectivity index (χ4v) is 4.74. The Hall–Kier alpha value is -1.43. The van der Waals surface area contributed by atoms with E-state index in [0.29, 0.717) is 6.42 Å². The number of carbonyl (C=O) groups excluding carboxylic acids is 1. The second-order valence-corrected chi connectivity index (χ2v) is 11.4. The van der Waals surface area contributed by atoms with Gasteiger partial charge in [0.2, 0.25) is 5.91 Å². The summed E-state index contributed by atoms with van der Waals surface area (Å²) in [5.74, 6) is -0.340. The van der Waals surface area contributed by atoms with E-state index in [1.165, 1.54) is 77.0 Å². The molecule has 0 aromatic carbocycles. The van der Waals surface area contributed by atoms with Crippen LogP contribution in [0.3, 0.4) is 0 Å². The second-order valence-electron chi connectivity index (χ2n) is 11.4. The molecule has 0 radical (unpaired) electrons. The van der Waals surface area contributed by atoms with Crippen LogP contribution in [0.25, 0.3) is 0 Å². The summed E-state index contributed by atoms with van der Waals surface area (Å²) in [7, 11) is 0. The van der Waals surface area contributed by atoms with Crippen LogP contribution in [0.5, 0.6) is 0 Å². The van der Waals surface area contributed by atoms with Gasteiger partial charge >= 0.3 is 0 Å². The molecule has 0 spiro atoms. The minimum absolute atomic E-state index is 0.00625. The summed E-state index contributed by atoms with van der Waals surface area (Å²) in [6.07, 6.45) is 35.6. The molecule has 0 saturated heterocycles. The number of carbonyl (C=O) groups is 1. The van der Waals surface area contributed by atoms with Crippen molar-refractivity contribution in [3.05, 3.63) is 36.5 Å². The lowest BCUT2D eigenvalue weighted by molar-refractivity contribution is -0.124. The van der Waals surface area contributed by atoms with Gasteiger partial charge < -0.3 is 20.6 Å². The normalized spacial score (nSPS) is 14.4. The van der Waals surface area contributed by atoms with E-state index in [1.54, 1.807) is 6.08 Å². The van der Waals surface area contributed by atoms with Crippen LogP contribution < -0.4 is 5.32 Å². The number of rotatable bonds is 29. The van der Waals surface area contributed by atoms with Crippen molar-refractivity contribution in [2.45, 2.75) is 173 Å². The lowest BCUT2D eigenvalue weighted by Crippen LogP contribution is -2.45. The molecule has 4 N–H and O–H groups in total. The number of hydrogen-bond acceptors (Lipinski definition) is 4. The van der Waals surface area contributed by atoms with Crippen LogP contribution >= 0.6 is 0 Å². The van der Waals surface area contributed by atoms with Crippen molar-refractivity contribution in [2.75, 3.05) is 6.61 Å². The predicted molar refractivity (Wildman–Crippen MR) is 171 cm³/mol. The lowest BCUT2D eigenvalue weighted by Gasteiger charge is -2.20. The molecule has 3 unspecified atom stereocenters. The molecule has 40 heavy (non-hydrogen) atoms. The Labute approximate surface area is 247 Å². The van der Waals surface area contributed by atoms with Crippen molar-refractivity contribution in [1.29, 1.82) is 0 Å². The first kappa shape index (κ1) is 38.6. The highest BCUT2D eigenvalue weighted by Gasteiger charge is 2.19. The largest absolute Gasteiger partial charge is 0.394 e. The molecular formula is C35H65NO4. The summed E-state index contributed by atoms with van der Waals surface area (Å²) in [6.45, 7) is 4.11. The van der Waals surface area contributed by atoms with E-state index < -0.39 is 18.2 Å². The monoisotopic (exact) mass is 563 g/mol. The fourth-order valence-electron chi connectivity index (χ4n) is 4.74. The number of aliphatic hydroxyl groups is 3. The summed E-state index contributed by atoms with van der Waals surface area (Å²) in [6, 6.07) is -0.762. The molecule has 0 aromatic rings. The quantitative estimate of drug-likeness (QED) is 0.0543. The Balaban J connectivity index is 3.85. The van der Waals surface area contributed by atoms with Gasteiger partial charge in [0.1, 0.15) is 0 Å². The van der Waals surface area contributed by atoms with Crippen LogP contribution in [0.2, 0.25) is 0 Å². The zero-order chi connectivity index (χ0) is 29.5. The molecule has 5 heteroatoms. The maximum atomic E-state index is 12.3. The van der Waals surface area contributed by atoms with Gasteiger partial charge in [0.15, 0.2) is 0 Å². The van der Waals surface area contributed by atoms with E-state index in [1.807, 2.05) is 6.08 Å². The SMILES string of the molecule is CCCC/C=C\CCCCCC(O)CC(=O)NC(CO)C(O)/C=C/CC/C=C/CCCCCCCCCCCC. The van der Waals surface area contributed by atoms with Gasteiger partial charge in [-0.15, -0.1) is 0 Å². The van der Waals surface area contributed by atoms with Crippen LogP contribution in [0, 0.1) is 0 Å². The Morgan fingerprint density at radius 3 is 1.68 bits per heavy atom. The number of allylic oxidation sites excluding steroid dienone is 5. The Kier molecular flexibility index (Phi) is 29.4. The fraction of sp³-hybridized carbons (Fsp3) is 0.800. The molecule has 0 heterocycles. The van der Waals surface area contributed by atoms with E-state index in [9.17, 15) is 20.1 Å². The average Bonchev–Trinajstić information content (AvgIpc) is 2.94. The Morgan fingerprint density at radius 1 is 0.625 bits per heavy atom. The molecule has 1 amide bonds. The molecule has 0 fully saturated rings. The maximum absolute atomic E-state index is 12.3. The van der Waals surface area contributed by atoms with E-state index in [0.717, 1.165) is 51.4 Å². The molecule has 3 atom stereocenters. The number of nitrogens with one attached hydrogen (secondary N) is 1. The first-order valence-electron chi connectivity index (χ1n) is 16.8. The molecule has 0 aliphatic heterocycles. The number of unbranched alkanes of at least 4 members (excludes halogenated alkanes) is 16. The van der Waals surface area contributed by atoms with Crippen molar-refractivity contribution in [3.63, 3.8) is 0 Å². The first-order chi connectivity index (χ1) is 19.5. The summed E-state index contributed by atoms with van der Waals surface area (Å²) in [5, 5.41) is 32.8. The Bertz CT molecular complexity index is 631. The van der Waals surface area contributed by atoms with E-state index in [4.69, 9.17) is 0 Å². The minimum atomic E-state index is -0.952. The standard InChI is InChI=1S/C35H65NO4/c1-3-5-7-9-11-13-14-15-16-17-18-19-21-23-25-27-29-34(39)33(31-37)36-35(40)30-32(38)28-26-24-22-20-12-10-8-6-4-2/h10,12,19,21,27,29,32-34,37-39H,3-9,11,13-18,20,22-26,28,30-31H2,1-2H3,(H,36,40)/b12-10-,21-19+,29-27+. The van der Waals surface area contributed by atoms with Crippen molar-refractivity contribution in [2.24, 2.45) is 0 Å². The molecule has 0 saturated carbocycles. The smallest absolute Gasteiger partial charge is 0.222 e. The first-order valence-corrected chi connectivity index (χ1v) is 16.8. The highest BCUT2D eigenvalue weighted by molar-refractivity contribution is 5.76. The molecule has 0 rings (SSSR count). The van der Waals surface area contributed by atoms with Crippen molar-refractivity contribution >= 4 is 5.91 Å². The van der Waals surface area contributed by atoms with Crippen LogP contribution in [0.15, 0.2) is 36.5 Å². The molecular weight excluding hydrogens is 498 g/mol. The van der Waals surface area contributed by atoms with Crippen LogP contribution in [-0.2, 0) is 4.79 Å². The summed E-state index contributed by atoms with van der Waals surface area (Å²) >= 11 is 0. The third-order valence-corrected chi connectivity index (χ3v) is 7.40. The van der Waals surface area contributed by atoms with Crippen molar-refractivity contribution < 1.29 is 20.1 Å². The average molecular weight is 564 g/mol.